The van der Waals surface area contributed by atoms with Crippen molar-refractivity contribution < 1.29 is 5.21 Å². The summed E-state index contributed by atoms with van der Waals surface area (Å²) in [5.74, 6) is 0. The summed E-state index contributed by atoms with van der Waals surface area (Å²) >= 11 is 12.1. The third-order valence-electron chi connectivity index (χ3n) is 3.72. The van der Waals surface area contributed by atoms with E-state index < -0.39 is 0 Å². The van der Waals surface area contributed by atoms with Crippen LogP contribution in [0.3, 0.4) is 0 Å². The monoisotopic (exact) mass is 359 g/mol. The highest BCUT2D eigenvalue weighted by Gasteiger charge is 2.11. The molecule has 0 saturated carbocycles. The van der Waals surface area contributed by atoms with E-state index in [-0.39, 0.29) is 0 Å². The Morgan fingerprint density at radius 1 is 1.12 bits per heavy atom. The molecular weight excluding hydrogens is 345 g/mol. The van der Waals surface area contributed by atoms with Crippen molar-refractivity contribution in [2.45, 2.75) is 13.0 Å². The van der Waals surface area contributed by atoms with Crippen LogP contribution in [0.2, 0.25) is 10.0 Å². The van der Waals surface area contributed by atoms with Crippen LogP contribution in [0.15, 0.2) is 66.3 Å². The molecule has 0 saturated heterocycles. The molecule has 0 radical (unpaired) electrons. The largest absolute Gasteiger partial charge is 0.411 e. The van der Waals surface area contributed by atoms with Gasteiger partial charge in [-0.3, -0.25) is 0 Å². The maximum absolute atomic E-state index is 9.46. The van der Waals surface area contributed by atoms with Gasteiger partial charge in [-0.05, 0) is 29.7 Å². The third kappa shape index (κ3) is 3.78. The number of benzene rings is 2. The Kier molecular flexibility index (Phi) is 5.18. The van der Waals surface area contributed by atoms with E-state index in [1.54, 1.807) is 18.6 Å². The van der Waals surface area contributed by atoms with E-state index in [1.807, 2.05) is 47.2 Å². The second-order valence-electron chi connectivity index (χ2n) is 5.36. The van der Waals surface area contributed by atoms with E-state index in [0.29, 0.717) is 28.7 Å². The lowest BCUT2D eigenvalue weighted by molar-refractivity contribution is 0.317. The Morgan fingerprint density at radius 2 is 1.96 bits per heavy atom. The van der Waals surface area contributed by atoms with Gasteiger partial charge in [-0.25, -0.2) is 4.98 Å². The summed E-state index contributed by atoms with van der Waals surface area (Å²) in [4.78, 5) is 4.01. The summed E-state index contributed by atoms with van der Waals surface area (Å²) in [6.07, 6.45) is 5.87. The first-order chi connectivity index (χ1) is 11.7. The maximum Gasteiger partial charge on any atom is 0.107 e. The van der Waals surface area contributed by atoms with Crippen LogP contribution < -0.4 is 0 Å². The van der Waals surface area contributed by atoms with Crippen molar-refractivity contribution in [3.63, 3.8) is 0 Å². The normalized spacial score (nSPS) is 11.7. The zero-order chi connectivity index (χ0) is 16.9. The van der Waals surface area contributed by atoms with Crippen molar-refractivity contribution in [2.75, 3.05) is 0 Å². The van der Waals surface area contributed by atoms with Crippen molar-refractivity contribution in [2.24, 2.45) is 5.16 Å². The third-order valence-corrected chi connectivity index (χ3v) is 4.46. The van der Waals surface area contributed by atoms with Crippen LogP contribution in [0.5, 0.6) is 0 Å². The molecule has 0 amide bonds. The summed E-state index contributed by atoms with van der Waals surface area (Å²) in [5.41, 5.74) is 3.55. The lowest BCUT2D eigenvalue weighted by Crippen LogP contribution is -2.13. The van der Waals surface area contributed by atoms with E-state index in [2.05, 4.69) is 10.1 Å². The van der Waals surface area contributed by atoms with Crippen LogP contribution in [-0.2, 0) is 13.0 Å². The van der Waals surface area contributed by atoms with E-state index in [4.69, 9.17) is 23.2 Å². The van der Waals surface area contributed by atoms with Crippen LogP contribution in [0.25, 0.3) is 0 Å². The van der Waals surface area contributed by atoms with E-state index in [0.717, 1.165) is 16.7 Å². The maximum atomic E-state index is 9.46. The van der Waals surface area contributed by atoms with E-state index in [1.165, 1.54) is 0 Å². The Morgan fingerprint density at radius 3 is 2.67 bits per heavy atom. The van der Waals surface area contributed by atoms with E-state index >= 15 is 0 Å². The molecule has 3 aromatic rings. The summed E-state index contributed by atoms with van der Waals surface area (Å²) in [6, 6.07) is 13.4. The molecule has 0 fully saturated rings. The Bertz CT molecular complexity index is 860. The highest BCUT2D eigenvalue weighted by atomic mass is 35.5. The van der Waals surface area contributed by atoms with Crippen LogP contribution in [0.4, 0.5) is 0 Å². The minimum atomic E-state index is 0.439. The van der Waals surface area contributed by atoms with Crippen molar-refractivity contribution in [1.82, 2.24) is 9.55 Å². The second-order valence-corrected chi connectivity index (χ2v) is 6.18. The number of imidazole rings is 1. The number of aromatic nitrogens is 2. The van der Waals surface area contributed by atoms with Crippen LogP contribution >= 0.6 is 23.2 Å². The van der Waals surface area contributed by atoms with Gasteiger partial charge in [-0.1, -0.05) is 58.7 Å². The lowest BCUT2D eigenvalue weighted by Gasteiger charge is -2.12. The highest BCUT2D eigenvalue weighted by Crippen LogP contribution is 2.25. The number of hydrogen-bond donors (Lipinski definition) is 1. The number of oxime groups is 1. The fraction of sp³-hybridized carbons (Fsp3) is 0.111. The standard InChI is InChI=1S/C18H15Cl2N3O/c19-16-6-5-13(10-17(16)20)9-14-3-1-2-4-15(14)18(22-24)11-23-8-7-21-12-23/h1-8,10,12,24H,9,11H2. The Labute approximate surface area is 150 Å². The molecule has 1 heterocycles. The van der Waals surface area contributed by atoms with Gasteiger partial charge >= 0.3 is 0 Å². The SMILES string of the molecule is ON=C(Cn1ccnc1)c1ccccc1Cc1ccc(Cl)c(Cl)c1. The quantitative estimate of drug-likeness (QED) is 0.409. The molecule has 122 valence electrons. The van der Waals surface area contributed by atoms with Crippen LogP contribution in [0.1, 0.15) is 16.7 Å². The van der Waals surface area contributed by atoms with Gasteiger partial charge in [0.15, 0.2) is 0 Å². The lowest BCUT2D eigenvalue weighted by atomic mass is 9.97. The number of nitrogens with zero attached hydrogens (tertiary/aromatic N) is 3. The number of hydrogen-bond acceptors (Lipinski definition) is 3. The molecule has 0 aliphatic rings. The number of rotatable bonds is 5. The van der Waals surface area contributed by atoms with Gasteiger partial charge < -0.3 is 9.77 Å². The van der Waals surface area contributed by atoms with E-state index in [9.17, 15) is 5.21 Å². The van der Waals surface area contributed by atoms with Gasteiger partial charge in [-0.2, -0.15) is 0 Å². The predicted octanol–water partition coefficient (Wildman–Crippen LogP) is 4.66. The molecule has 3 rings (SSSR count). The minimum absolute atomic E-state index is 0.439. The molecule has 6 heteroatoms. The molecule has 24 heavy (non-hydrogen) atoms. The van der Waals surface area contributed by atoms with Crippen LogP contribution in [0, 0.1) is 0 Å². The smallest absolute Gasteiger partial charge is 0.107 e. The second kappa shape index (κ2) is 7.51. The van der Waals surface area contributed by atoms with Crippen molar-refractivity contribution in [1.29, 1.82) is 0 Å². The fourth-order valence-electron chi connectivity index (χ4n) is 2.55. The molecule has 4 nitrogen and oxygen atoms in total. The topological polar surface area (TPSA) is 50.4 Å². The Hall–Kier alpha value is -2.30. The van der Waals surface area contributed by atoms with Gasteiger partial charge in [0.05, 0.1) is 22.9 Å². The Balaban J connectivity index is 1.90. The van der Waals surface area contributed by atoms with Crippen molar-refractivity contribution in [3.8, 4) is 0 Å². The molecule has 2 aromatic carbocycles. The summed E-state index contributed by atoms with van der Waals surface area (Å²) < 4.78 is 1.85. The van der Waals surface area contributed by atoms with Gasteiger partial charge in [0.2, 0.25) is 0 Å². The zero-order valence-corrected chi connectivity index (χ0v) is 14.2. The first kappa shape index (κ1) is 16.6. The summed E-state index contributed by atoms with van der Waals surface area (Å²) in [5, 5.41) is 14.0. The average molecular weight is 360 g/mol. The molecule has 1 aromatic heterocycles. The average Bonchev–Trinajstić information content (AvgIpc) is 3.10. The zero-order valence-electron chi connectivity index (χ0n) is 12.7. The molecule has 0 aliphatic carbocycles. The molecule has 0 aliphatic heterocycles. The highest BCUT2D eigenvalue weighted by molar-refractivity contribution is 6.42. The van der Waals surface area contributed by atoms with Crippen molar-refractivity contribution >= 4 is 28.9 Å². The van der Waals surface area contributed by atoms with Gasteiger partial charge in [0.1, 0.15) is 5.71 Å². The molecule has 1 N–H and O–H groups in total. The molecule has 0 unspecified atom stereocenters. The first-order valence-corrected chi connectivity index (χ1v) is 8.12. The summed E-state index contributed by atoms with van der Waals surface area (Å²) in [6.45, 7) is 0.439. The van der Waals surface area contributed by atoms with Crippen molar-refractivity contribution in [3.05, 3.63) is 87.9 Å². The molecular formula is C18H15Cl2N3O. The van der Waals surface area contributed by atoms with Gasteiger partial charge in [0, 0.05) is 18.0 Å². The summed E-state index contributed by atoms with van der Waals surface area (Å²) in [7, 11) is 0. The molecule has 0 spiro atoms. The molecule has 0 bridgehead atoms. The van der Waals surface area contributed by atoms with Gasteiger partial charge in [0.25, 0.3) is 0 Å². The fourth-order valence-corrected chi connectivity index (χ4v) is 2.87. The molecule has 0 atom stereocenters. The predicted molar refractivity (Wildman–Crippen MR) is 96.3 cm³/mol. The number of halogens is 2. The first-order valence-electron chi connectivity index (χ1n) is 7.36. The van der Waals surface area contributed by atoms with Gasteiger partial charge in [-0.15, -0.1) is 0 Å². The van der Waals surface area contributed by atoms with Crippen LogP contribution in [-0.4, -0.2) is 20.5 Å². The minimum Gasteiger partial charge on any atom is -0.411 e.